The minimum absolute atomic E-state index is 0.0528. The smallest absolute Gasteiger partial charge is 0.215 e. The van der Waals surface area contributed by atoms with E-state index in [9.17, 15) is 8.42 Å². The molecule has 0 unspecified atom stereocenters. The molecule has 1 N–H and O–H groups in total. The third kappa shape index (κ3) is 4.25. The average molecular weight is 322 g/mol. The van der Waals surface area contributed by atoms with Crippen molar-refractivity contribution in [3.63, 3.8) is 0 Å². The van der Waals surface area contributed by atoms with Crippen molar-refractivity contribution in [1.82, 2.24) is 9.29 Å². The molecule has 0 aliphatic rings. The summed E-state index contributed by atoms with van der Waals surface area (Å²) in [5.74, 6) is 0.763. The van der Waals surface area contributed by atoms with Crippen molar-refractivity contribution < 1.29 is 8.42 Å². The normalized spacial score (nSPS) is 11.8. The van der Waals surface area contributed by atoms with Crippen LogP contribution < -0.4 is 5.32 Å². The zero-order valence-electron chi connectivity index (χ0n) is 10.1. The second-order valence-corrected chi connectivity index (χ2v) is 7.06. The summed E-state index contributed by atoms with van der Waals surface area (Å²) < 4.78 is 25.2. The lowest BCUT2D eigenvalue weighted by molar-refractivity contribution is 0.521. The Morgan fingerprint density at radius 1 is 1.47 bits per heavy atom. The standard InChI is InChI=1S/C10H16BrN3O2S/c1-8-6-9(11)7-13-10(8)12-4-5-17(15,16)14(2)3/h6-7H,4-5H2,1-3H3,(H,12,13). The van der Waals surface area contributed by atoms with Crippen LogP contribution in [0.2, 0.25) is 0 Å². The van der Waals surface area contributed by atoms with Crippen molar-refractivity contribution in [1.29, 1.82) is 0 Å². The summed E-state index contributed by atoms with van der Waals surface area (Å²) >= 11 is 3.32. The Morgan fingerprint density at radius 2 is 2.12 bits per heavy atom. The molecular formula is C10H16BrN3O2S. The molecule has 7 heteroatoms. The summed E-state index contributed by atoms with van der Waals surface area (Å²) in [5, 5.41) is 3.01. The Labute approximate surface area is 110 Å². The summed E-state index contributed by atoms with van der Waals surface area (Å²) in [6.07, 6.45) is 1.68. The molecule has 1 aromatic rings. The first-order valence-corrected chi connectivity index (χ1v) is 7.49. The van der Waals surface area contributed by atoms with E-state index in [1.165, 1.54) is 18.4 Å². The quantitative estimate of drug-likeness (QED) is 0.891. The van der Waals surface area contributed by atoms with Crippen molar-refractivity contribution in [2.75, 3.05) is 31.7 Å². The SMILES string of the molecule is Cc1cc(Br)cnc1NCCS(=O)(=O)N(C)C. The van der Waals surface area contributed by atoms with Crippen LogP contribution in [0.4, 0.5) is 5.82 Å². The van der Waals surface area contributed by atoms with Gasteiger partial charge >= 0.3 is 0 Å². The van der Waals surface area contributed by atoms with Crippen molar-refractivity contribution >= 4 is 31.8 Å². The van der Waals surface area contributed by atoms with Gasteiger partial charge in [-0.2, -0.15) is 0 Å². The van der Waals surface area contributed by atoms with Crippen LogP contribution >= 0.6 is 15.9 Å². The molecule has 0 aliphatic heterocycles. The number of hydrogen-bond acceptors (Lipinski definition) is 4. The van der Waals surface area contributed by atoms with Gasteiger partial charge in [-0.25, -0.2) is 17.7 Å². The number of aryl methyl sites for hydroxylation is 1. The first kappa shape index (κ1) is 14.4. The molecule has 1 heterocycles. The maximum Gasteiger partial charge on any atom is 0.215 e. The molecule has 0 amide bonds. The van der Waals surface area contributed by atoms with E-state index < -0.39 is 10.0 Å². The highest BCUT2D eigenvalue weighted by atomic mass is 79.9. The maximum absolute atomic E-state index is 11.5. The fourth-order valence-corrected chi connectivity index (χ4v) is 2.38. The predicted octanol–water partition coefficient (Wildman–Crippen LogP) is 1.46. The average Bonchev–Trinajstić information content (AvgIpc) is 2.21. The van der Waals surface area contributed by atoms with Crippen molar-refractivity contribution in [3.8, 4) is 0 Å². The zero-order valence-corrected chi connectivity index (χ0v) is 12.5. The van der Waals surface area contributed by atoms with Crippen LogP contribution in [0.25, 0.3) is 0 Å². The monoisotopic (exact) mass is 321 g/mol. The molecule has 0 atom stereocenters. The lowest BCUT2D eigenvalue weighted by Gasteiger charge is -2.12. The second-order valence-electron chi connectivity index (χ2n) is 3.84. The fourth-order valence-electron chi connectivity index (χ4n) is 1.21. The van der Waals surface area contributed by atoms with Gasteiger partial charge in [-0.1, -0.05) is 0 Å². The number of hydrogen-bond donors (Lipinski definition) is 1. The van der Waals surface area contributed by atoms with Gasteiger partial charge in [0.25, 0.3) is 0 Å². The Morgan fingerprint density at radius 3 is 2.65 bits per heavy atom. The highest BCUT2D eigenvalue weighted by Crippen LogP contribution is 2.16. The van der Waals surface area contributed by atoms with Gasteiger partial charge in [0.05, 0.1) is 5.75 Å². The van der Waals surface area contributed by atoms with E-state index in [0.717, 1.165) is 10.0 Å². The van der Waals surface area contributed by atoms with E-state index in [-0.39, 0.29) is 5.75 Å². The summed E-state index contributed by atoms with van der Waals surface area (Å²) in [4.78, 5) is 4.18. The Kier molecular flexibility index (Phi) is 4.91. The molecule has 0 aliphatic carbocycles. The van der Waals surface area contributed by atoms with E-state index >= 15 is 0 Å². The maximum atomic E-state index is 11.5. The molecule has 0 fully saturated rings. The van der Waals surface area contributed by atoms with Crippen LogP contribution in [0.3, 0.4) is 0 Å². The third-order valence-electron chi connectivity index (χ3n) is 2.25. The molecule has 17 heavy (non-hydrogen) atoms. The molecule has 0 bridgehead atoms. The molecule has 1 aromatic heterocycles. The topological polar surface area (TPSA) is 62.3 Å². The molecule has 1 rings (SSSR count). The first-order chi connectivity index (χ1) is 7.83. The van der Waals surface area contributed by atoms with Gasteiger partial charge in [0.15, 0.2) is 0 Å². The Bertz CT molecular complexity index is 488. The number of rotatable bonds is 5. The summed E-state index contributed by atoms with van der Waals surface area (Å²) in [6.45, 7) is 2.26. The van der Waals surface area contributed by atoms with Crippen molar-refractivity contribution in [2.24, 2.45) is 0 Å². The molecule has 5 nitrogen and oxygen atoms in total. The number of anilines is 1. The number of sulfonamides is 1. The highest BCUT2D eigenvalue weighted by Gasteiger charge is 2.12. The zero-order chi connectivity index (χ0) is 13.1. The van der Waals surface area contributed by atoms with Gasteiger partial charge in [0.2, 0.25) is 10.0 Å². The minimum Gasteiger partial charge on any atom is -0.369 e. The molecule has 96 valence electrons. The summed E-state index contributed by atoms with van der Waals surface area (Å²) in [6, 6.07) is 1.93. The second kappa shape index (κ2) is 5.79. The Balaban J connectivity index is 2.58. The van der Waals surface area contributed by atoms with E-state index in [4.69, 9.17) is 0 Å². The molecule has 0 saturated heterocycles. The van der Waals surface area contributed by atoms with E-state index in [1.807, 2.05) is 13.0 Å². The van der Waals surface area contributed by atoms with Crippen LogP contribution in [0.5, 0.6) is 0 Å². The largest absolute Gasteiger partial charge is 0.369 e. The molecule has 0 radical (unpaired) electrons. The fraction of sp³-hybridized carbons (Fsp3) is 0.500. The number of pyridine rings is 1. The summed E-state index contributed by atoms with van der Waals surface area (Å²) in [5.41, 5.74) is 0.974. The van der Waals surface area contributed by atoms with E-state index in [2.05, 4.69) is 26.2 Å². The van der Waals surface area contributed by atoms with Gasteiger partial charge in [-0.05, 0) is 34.5 Å². The van der Waals surface area contributed by atoms with Gasteiger partial charge < -0.3 is 5.32 Å². The van der Waals surface area contributed by atoms with Crippen molar-refractivity contribution in [3.05, 3.63) is 22.3 Å². The molecule has 0 spiro atoms. The van der Waals surface area contributed by atoms with E-state index in [1.54, 1.807) is 6.20 Å². The Hall–Kier alpha value is -0.660. The third-order valence-corrected chi connectivity index (χ3v) is 4.52. The lowest BCUT2D eigenvalue weighted by atomic mass is 10.3. The van der Waals surface area contributed by atoms with Crippen LogP contribution in [-0.4, -0.2) is 44.1 Å². The van der Waals surface area contributed by atoms with Crippen LogP contribution in [0.1, 0.15) is 5.56 Å². The number of aromatic nitrogens is 1. The van der Waals surface area contributed by atoms with E-state index in [0.29, 0.717) is 12.4 Å². The van der Waals surface area contributed by atoms with Crippen LogP contribution in [0, 0.1) is 6.92 Å². The van der Waals surface area contributed by atoms with Gasteiger partial charge in [-0.3, -0.25) is 0 Å². The van der Waals surface area contributed by atoms with Gasteiger partial charge in [-0.15, -0.1) is 0 Å². The van der Waals surface area contributed by atoms with Crippen molar-refractivity contribution in [2.45, 2.75) is 6.92 Å². The first-order valence-electron chi connectivity index (χ1n) is 5.09. The van der Waals surface area contributed by atoms with Gasteiger partial charge in [0, 0.05) is 31.3 Å². The van der Waals surface area contributed by atoms with Crippen LogP contribution in [-0.2, 0) is 10.0 Å². The number of halogens is 1. The molecular weight excluding hydrogens is 306 g/mol. The molecule has 0 aromatic carbocycles. The minimum atomic E-state index is -3.16. The highest BCUT2D eigenvalue weighted by molar-refractivity contribution is 9.10. The van der Waals surface area contributed by atoms with Gasteiger partial charge in [0.1, 0.15) is 5.82 Å². The predicted molar refractivity (Wildman–Crippen MR) is 72.6 cm³/mol. The summed E-state index contributed by atoms with van der Waals surface area (Å²) in [7, 11) is -0.103. The molecule has 0 saturated carbocycles. The number of nitrogens with zero attached hydrogens (tertiary/aromatic N) is 2. The van der Waals surface area contributed by atoms with Crippen LogP contribution in [0.15, 0.2) is 16.7 Å². The number of nitrogens with one attached hydrogen (secondary N) is 1. The lowest BCUT2D eigenvalue weighted by Crippen LogP contribution is -2.28.